The van der Waals surface area contributed by atoms with Crippen LogP contribution >= 0.6 is 11.6 Å². The molecule has 140 valence electrons. The van der Waals surface area contributed by atoms with Gasteiger partial charge in [0.1, 0.15) is 5.82 Å². The average Bonchev–Trinajstić information content (AvgIpc) is 3.07. The summed E-state index contributed by atoms with van der Waals surface area (Å²) in [6.45, 7) is 1.99. The number of fused-ring (bicyclic) bond motifs is 1. The maximum Gasteiger partial charge on any atom is 0.338 e. The van der Waals surface area contributed by atoms with Crippen molar-refractivity contribution in [1.29, 1.82) is 0 Å². The molecule has 7 heteroatoms. The van der Waals surface area contributed by atoms with E-state index in [-0.39, 0.29) is 11.6 Å². The minimum absolute atomic E-state index is 0.105. The van der Waals surface area contributed by atoms with Crippen molar-refractivity contribution in [1.82, 2.24) is 4.57 Å². The number of benzene rings is 2. The van der Waals surface area contributed by atoms with Crippen LogP contribution in [-0.4, -0.2) is 30.2 Å². The predicted molar refractivity (Wildman–Crippen MR) is 99.5 cm³/mol. The molecule has 5 nitrogen and oxygen atoms in total. The van der Waals surface area contributed by atoms with Crippen molar-refractivity contribution in [3.63, 3.8) is 0 Å². The van der Waals surface area contributed by atoms with E-state index in [1.165, 1.54) is 19.2 Å². The van der Waals surface area contributed by atoms with Gasteiger partial charge in [-0.15, -0.1) is 0 Å². The van der Waals surface area contributed by atoms with Gasteiger partial charge in [0.15, 0.2) is 6.04 Å². The molecule has 0 amide bonds. The lowest BCUT2D eigenvalue weighted by Crippen LogP contribution is -2.22. The Balaban J connectivity index is 2.19. The summed E-state index contributed by atoms with van der Waals surface area (Å²) in [6, 6.07) is 9.72. The fraction of sp³-hybridized carbons (Fsp3) is 0.200. The molecule has 0 N–H and O–H groups in total. The van der Waals surface area contributed by atoms with E-state index >= 15 is 0 Å². The number of methoxy groups -OCH3 is 1. The number of rotatable bonds is 5. The monoisotopic (exact) mass is 389 g/mol. The summed E-state index contributed by atoms with van der Waals surface area (Å²) in [6.07, 6.45) is 1.66. The fourth-order valence-corrected chi connectivity index (χ4v) is 3.30. The van der Waals surface area contributed by atoms with Gasteiger partial charge in [0.05, 0.1) is 19.3 Å². The van der Waals surface area contributed by atoms with Gasteiger partial charge in [-0.1, -0.05) is 23.7 Å². The van der Waals surface area contributed by atoms with Crippen LogP contribution in [0.1, 0.15) is 28.9 Å². The molecule has 1 unspecified atom stereocenters. The third kappa shape index (κ3) is 3.53. The predicted octanol–water partition coefficient (Wildman–Crippen LogP) is 4.37. The number of aromatic nitrogens is 1. The van der Waals surface area contributed by atoms with E-state index < -0.39 is 23.8 Å². The maximum absolute atomic E-state index is 13.4. The van der Waals surface area contributed by atoms with E-state index in [1.807, 2.05) is 0 Å². The topological polar surface area (TPSA) is 57.5 Å². The number of halogens is 2. The molecule has 0 aliphatic carbocycles. The third-order valence-corrected chi connectivity index (χ3v) is 4.55. The standard InChI is InChI=1S/C20H17ClFNO4/c1-3-27-19(24)14-5-4-6-17-13(14)9-10-23(17)18(20(25)26-2)15-8-7-12(22)11-16(15)21/h4-11,18H,3H2,1-2H3. The van der Waals surface area contributed by atoms with E-state index in [4.69, 9.17) is 21.1 Å². The van der Waals surface area contributed by atoms with Crippen LogP contribution in [0.3, 0.4) is 0 Å². The van der Waals surface area contributed by atoms with Crippen LogP contribution < -0.4 is 0 Å². The van der Waals surface area contributed by atoms with E-state index in [0.29, 0.717) is 22.0 Å². The summed E-state index contributed by atoms with van der Waals surface area (Å²) in [4.78, 5) is 24.7. The second-order valence-electron chi connectivity index (χ2n) is 5.77. The van der Waals surface area contributed by atoms with Crippen molar-refractivity contribution in [3.05, 3.63) is 70.6 Å². The van der Waals surface area contributed by atoms with Gasteiger partial charge in [-0.05, 0) is 37.3 Å². The quantitative estimate of drug-likeness (QED) is 0.608. The summed E-state index contributed by atoms with van der Waals surface area (Å²) in [7, 11) is 1.27. The van der Waals surface area contributed by atoms with Crippen LogP contribution in [0, 0.1) is 5.82 Å². The molecule has 0 radical (unpaired) electrons. The summed E-state index contributed by atoms with van der Waals surface area (Å²) < 4.78 is 25.1. The van der Waals surface area contributed by atoms with Crippen LogP contribution in [0.5, 0.6) is 0 Å². The zero-order chi connectivity index (χ0) is 19.6. The summed E-state index contributed by atoms with van der Waals surface area (Å²) in [5.41, 5.74) is 1.40. The molecule has 0 aliphatic rings. The number of carbonyl (C=O) groups excluding carboxylic acids is 2. The zero-order valence-electron chi connectivity index (χ0n) is 14.7. The SMILES string of the molecule is CCOC(=O)c1cccc2c1ccn2C(C(=O)OC)c1ccc(F)cc1Cl. The van der Waals surface area contributed by atoms with Crippen LogP contribution in [-0.2, 0) is 14.3 Å². The van der Waals surface area contributed by atoms with Crippen molar-refractivity contribution in [2.45, 2.75) is 13.0 Å². The van der Waals surface area contributed by atoms with E-state index in [2.05, 4.69) is 0 Å². The Morgan fingerprint density at radius 1 is 1.22 bits per heavy atom. The van der Waals surface area contributed by atoms with Gasteiger partial charge in [0.2, 0.25) is 0 Å². The molecule has 2 aromatic carbocycles. The summed E-state index contributed by atoms with van der Waals surface area (Å²) in [5, 5.41) is 0.733. The molecule has 0 saturated carbocycles. The summed E-state index contributed by atoms with van der Waals surface area (Å²) in [5.74, 6) is -1.52. The minimum atomic E-state index is -0.932. The Kier molecular flexibility index (Phi) is 5.46. The van der Waals surface area contributed by atoms with Gasteiger partial charge in [0, 0.05) is 27.7 Å². The number of esters is 2. The van der Waals surface area contributed by atoms with Crippen LogP contribution in [0.25, 0.3) is 10.9 Å². The first-order valence-electron chi connectivity index (χ1n) is 8.27. The molecule has 3 aromatic rings. The summed E-state index contributed by atoms with van der Waals surface area (Å²) >= 11 is 6.18. The van der Waals surface area contributed by atoms with E-state index in [1.54, 1.807) is 42.0 Å². The largest absolute Gasteiger partial charge is 0.467 e. The van der Waals surface area contributed by atoms with E-state index in [0.717, 1.165) is 6.07 Å². The smallest absolute Gasteiger partial charge is 0.338 e. The molecule has 0 fully saturated rings. The van der Waals surface area contributed by atoms with Crippen LogP contribution in [0.4, 0.5) is 4.39 Å². The highest BCUT2D eigenvalue weighted by molar-refractivity contribution is 6.31. The lowest BCUT2D eigenvalue weighted by molar-refractivity contribution is -0.143. The lowest BCUT2D eigenvalue weighted by Gasteiger charge is -2.19. The molecule has 0 saturated heterocycles. The number of hydrogen-bond acceptors (Lipinski definition) is 4. The van der Waals surface area contributed by atoms with E-state index in [9.17, 15) is 14.0 Å². The molecule has 3 rings (SSSR count). The molecule has 1 aromatic heterocycles. The second-order valence-corrected chi connectivity index (χ2v) is 6.18. The number of hydrogen-bond donors (Lipinski definition) is 0. The normalized spacial score (nSPS) is 12.0. The van der Waals surface area contributed by atoms with Gasteiger partial charge in [-0.25, -0.2) is 14.0 Å². The maximum atomic E-state index is 13.4. The van der Waals surface area contributed by atoms with Crippen LogP contribution in [0.15, 0.2) is 48.7 Å². The lowest BCUT2D eigenvalue weighted by atomic mass is 10.1. The molecule has 0 aliphatic heterocycles. The first-order valence-corrected chi connectivity index (χ1v) is 8.65. The zero-order valence-corrected chi connectivity index (χ0v) is 15.5. The highest BCUT2D eigenvalue weighted by atomic mass is 35.5. The van der Waals surface area contributed by atoms with Crippen molar-refractivity contribution in [3.8, 4) is 0 Å². The van der Waals surface area contributed by atoms with Gasteiger partial charge >= 0.3 is 11.9 Å². The first kappa shape index (κ1) is 18.9. The Bertz CT molecular complexity index is 1010. The molecular formula is C20H17ClFNO4. The number of carbonyl (C=O) groups is 2. The highest BCUT2D eigenvalue weighted by Gasteiger charge is 2.27. The van der Waals surface area contributed by atoms with Crippen molar-refractivity contribution >= 4 is 34.4 Å². The first-order chi connectivity index (χ1) is 13.0. The fourth-order valence-electron chi connectivity index (χ4n) is 3.03. The molecule has 1 heterocycles. The van der Waals surface area contributed by atoms with Crippen molar-refractivity contribution < 1.29 is 23.5 Å². The molecule has 27 heavy (non-hydrogen) atoms. The molecule has 0 spiro atoms. The Hall–Kier alpha value is -2.86. The van der Waals surface area contributed by atoms with Gasteiger partial charge in [0.25, 0.3) is 0 Å². The third-order valence-electron chi connectivity index (χ3n) is 4.22. The van der Waals surface area contributed by atoms with Crippen LogP contribution in [0.2, 0.25) is 5.02 Å². The molecular weight excluding hydrogens is 373 g/mol. The number of nitrogens with zero attached hydrogens (tertiary/aromatic N) is 1. The Morgan fingerprint density at radius 2 is 2.00 bits per heavy atom. The Labute approximate surface area is 160 Å². The van der Waals surface area contributed by atoms with Gasteiger partial charge in [-0.3, -0.25) is 0 Å². The number of ether oxygens (including phenoxy) is 2. The molecule has 1 atom stereocenters. The minimum Gasteiger partial charge on any atom is -0.467 e. The van der Waals surface area contributed by atoms with Crippen molar-refractivity contribution in [2.24, 2.45) is 0 Å². The average molecular weight is 390 g/mol. The highest BCUT2D eigenvalue weighted by Crippen LogP contribution is 2.32. The Morgan fingerprint density at radius 3 is 2.67 bits per heavy atom. The van der Waals surface area contributed by atoms with Gasteiger partial charge < -0.3 is 14.0 Å². The van der Waals surface area contributed by atoms with Gasteiger partial charge in [-0.2, -0.15) is 0 Å². The second kappa shape index (κ2) is 7.80. The van der Waals surface area contributed by atoms with Crippen molar-refractivity contribution in [2.75, 3.05) is 13.7 Å². The molecule has 0 bridgehead atoms.